The van der Waals surface area contributed by atoms with Crippen LogP contribution in [0.4, 0.5) is 0 Å². The van der Waals surface area contributed by atoms with E-state index in [1.165, 1.54) is 11.3 Å². The Morgan fingerprint density at radius 3 is 2.80 bits per heavy atom. The average Bonchev–Trinajstić information content (AvgIpc) is 2.89. The zero-order valence-electron chi connectivity index (χ0n) is 11.3. The Morgan fingerprint density at radius 2 is 2.15 bits per heavy atom. The second-order valence-corrected chi connectivity index (χ2v) is 7.02. The maximum atomic E-state index is 12.4. The standard InChI is InChI=1S/C13H17N3O2S2/c1-10(11-5-3-4-7-15-11)16-20(17,18)13-6-8-19-12(13)9-14-2/h3-8,10,14,16H,9H2,1-2H3. The molecule has 0 aromatic carbocycles. The number of hydrogen-bond donors (Lipinski definition) is 2. The third-order valence-electron chi connectivity index (χ3n) is 2.79. The summed E-state index contributed by atoms with van der Waals surface area (Å²) in [6.07, 6.45) is 1.65. The van der Waals surface area contributed by atoms with Crippen molar-refractivity contribution in [1.82, 2.24) is 15.0 Å². The van der Waals surface area contributed by atoms with E-state index < -0.39 is 10.0 Å². The Hall–Kier alpha value is -1.28. The molecule has 0 bridgehead atoms. The third kappa shape index (κ3) is 3.43. The molecule has 0 saturated carbocycles. The summed E-state index contributed by atoms with van der Waals surface area (Å²) in [5, 5.41) is 4.76. The van der Waals surface area contributed by atoms with Crippen molar-refractivity contribution in [2.75, 3.05) is 7.05 Å². The first kappa shape index (κ1) is 15.1. The largest absolute Gasteiger partial charge is 0.315 e. The zero-order chi connectivity index (χ0) is 14.6. The van der Waals surface area contributed by atoms with Crippen LogP contribution in [-0.4, -0.2) is 20.4 Å². The fraction of sp³-hybridized carbons (Fsp3) is 0.308. The molecule has 0 amide bonds. The van der Waals surface area contributed by atoms with Crippen LogP contribution in [0, 0.1) is 0 Å². The average molecular weight is 311 g/mol. The molecule has 5 nitrogen and oxygen atoms in total. The van der Waals surface area contributed by atoms with Crippen LogP contribution < -0.4 is 10.0 Å². The Morgan fingerprint density at radius 1 is 1.35 bits per heavy atom. The van der Waals surface area contributed by atoms with Crippen molar-refractivity contribution in [3.8, 4) is 0 Å². The molecule has 20 heavy (non-hydrogen) atoms. The number of aromatic nitrogens is 1. The van der Waals surface area contributed by atoms with Gasteiger partial charge < -0.3 is 5.32 Å². The van der Waals surface area contributed by atoms with E-state index in [-0.39, 0.29) is 6.04 Å². The molecule has 0 spiro atoms. The molecular formula is C13H17N3O2S2. The first-order valence-corrected chi connectivity index (χ1v) is 8.55. The van der Waals surface area contributed by atoms with E-state index in [1.54, 1.807) is 43.7 Å². The van der Waals surface area contributed by atoms with Crippen molar-refractivity contribution in [2.45, 2.75) is 24.4 Å². The lowest BCUT2D eigenvalue weighted by Gasteiger charge is -2.14. The minimum absolute atomic E-state index is 0.333. The molecule has 0 aliphatic rings. The Balaban J connectivity index is 2.21. The number of nitrogens with zero attached hydrogens (tertiary/aromatic N) is 1. The van der Waals surface area contributed by atoms with Crippen molar-refractivity contribution >= 4 is 21.4 Å². The summed E-state index contributed by atoms with van der Waals surface area (Å²) in [5.41, 5.74) is 0.696. The quantitative estimate of drug-likeness (QED) is 0.855. The van der Waals surface area contributed by atoms with Crippen molar-refractivity contribution in [2.24, 2.45) is 0 Å². The lowest BCUT2D eigenvalue weighted by atomic mass is 10.2. The SMILES string of the molecule is CNCc1sccc1S(=O)(=O)NC(C)c1ccccn1. The van der Waals surface area contributed by atoms with Gasteiger partial charge in [-0.2, -0.15) is 0 Å². The molecule has 2 N–H and O–H groups in total. The van der Waals surface area contributed by atoms with E-state index in [0.29, 0.717) is 17.1 Å². The van der Waals surface area contributed by atoms with Gasteiger partial charge in [0.2, 0.25) is 10.0 Å². The van der Waals surface area contributed by atoms with Crippen LogP contribution in [0.15, 0.2) is 40.7 Å². The molecule has 2 rings (SSSR count). The minimum Gasteiger partial charge on any atom is -0.315 e. The molecule has 0 aliphatic carbocycles. The van der Waals surface area contributed by atoms with Gasteiger partial charge in [-0.1, -0.05) is 6.07 Å². The maximum absolute atomic E-state index is 12.4. The summed E-state index contributed by atoms with van der Waals surface area (Å²) in [6, 6.07) is 6.70. The number of nitrogens with one attached hydrogen (secondary N) is 2. The highest BCUT2D eigenvalue weighted by Gasteiger charge is 2.22. The highest BCUT2D eigenvalue weighted by molar-refractivity contribution is 7.89. The molecule has 108 valence electrons. The Kier molecular flexibility index (Phi) is 4.87. The van der Waals surface area contributed by atoms with Gasteiger partial charge in [0.15, 0.2) is 0 Å². The number of thiophene rings is 1. The van der Waals surface area contributed by atoms with Gasteiger partial charge in [-0.3, -0.25) is 4.98 Å². The van der Waals surface area contributed by atoms with Crippen LogP contribution in [0.2, 0.25) is 0 Å². The number of sulfonamides is 1. The molecule has 2 aromatic rings. The van der Waals surface area contributed by atoms with Gasteiger partial charge in [-0.15, -0.1) is 11.3 Å². The number of hydrogen-bond acceptors (Lipinski definition) is 5. The van der Waals surface area contributed by atoms with Crippen molar-refractivity contribution in [3.63, 3.8) is 0 Å². The fourth-order valence-electron chi connectivity index (χ4n) is 1.85. The molecule has 1 unspecified atom stereocenters. The van der Waals surface area contributed by atoms with E-state index >= 15 is 0 Å². The van der Waals surface area contributed by atoms with E-state index in [2.05, 4.69) is 15.0 Å². The summed E-state index contributed by atoms with van der Waals surface area (Å²) in [4.78, 5) is 5.30. The van der Waals surface area contributed by atoms with Crippen molar-refractivity contribution < 1.29 is 8.42 Å². The van der Waals surface area contributed by atoms with E-state index in [4.69, 9.17) is 0 Å². The van der Waals surface area contributed by atoms with Gasteiger partial charge in [-0.25, -0.2) is 13.1 Å². The van der Waals surface area contributed by atoms with Crippen LogP contribution in [0.1, 0.15) is 23.5 Å². The fourth-order valence-corrected chi connectivity index (χ4v) is 4.52. The predicted molar refractivity (Wildman–Crippen MR) is 80.1 cm³/mol. The van der Waals surface area contributed by atoms with E-state index in [0.717, 1.165) is 4.88 Å². The van der Waals surface area contributed by atoms with Gasteiger partial charge in [0.05, 0.1) is 16.6 Å². The monoisotopic (exact) mass is 311 g/mol. The predicted octanol–water partition coefficient (Wildman–Crippen LogP) is 1.90. The minimum atomic E-state index is -3.54. The molecular weight excluding hydrogens is 294 g/mol. The van der Waals surface area contributed by atoms with E-state index in [1.807, 2.05) is 6.07 Å². The second kappa shape index (κ2) is 6.45. The van der Waals surface area contributed by atoms with Crippen LogP contribution >= 0.6 is 11.3 Å². The highest BCUT2D eigenvalue weighted by atomic mass is 32.2. The zero-order valence-corrected chi connectivity index (χ0v) is 13.0. The smallest absolute Gasteiger partial charge is 0.242 e. The molecule has 0 aliphatic heterocycles. The van der Waals surface area contributed by atoms with Crippen LogP contribution in [0.5, 0.6) is 0 Å². The Labute approximate surface area is 123 Å². The summed E-state index contributed by atoms with van der Waals surface area (Å²) >= 11 is 1.43. The maximum Gasteiger partial charge on any atom is 0.242 e. The van der Waals surface area contributed by atoms with Crippen molar-refractivity contribution in [3.05, 3.63) is 46.4 Å². The molecule has 0 radical (unpaired) electrons. The lowest BCUT2D eigenvalue weighted by molar-refractivity contribution is 0.563. The van der Waals surface area contributed by atoms with E-state index in [9.17, 15) is 8.42 Å². The third-order valence-corrected chi connectivity index (χ3v) is 5.47. The molecule has 7 heteroatoms. The summed E-state index contributed by atoms with van der Waals surface area (Å²) in [5.74, 6) is 0. The van der Waals surface area contributed by atoms with Crippen LogP contribution in [0.25, 0.3) is 0 Å². The van der Waals surface area contributed by atoms with Gasteiger partial charge >= 0.3 is 0 Å². The Bertz CT molecular complexity index is 653. The molecule has 2 aromatic heterocycles. The molecule has 1 atom stereocenters. The first-order chi connectivity index (χ1) is 9.54. The summed E-state index contributed by atoms with van der Waals surface area (Å²) < 4.78 is 27.5. The van der Waals surface area contributed by atoms with Crippen molar-refractivity contribution in [1.29, 1.82) is 0 Å². The molecule has 0 saturated heterocycles. The summed E-state index contributed by atoms with van der Waals surface area (Å²) in [7, 11) is -1.75. The second-order valence-electron chi connectivity index (χ2n) is 4.34. The van der Waals surface area contributed by atoms with Crippen LogP contribution in [-0.2, 0) is 16.6 Å². The number of rotatable bonds is 6. The summed E-state index contributed by atoms with van der Waals surface area (Å²) in [6.45, 7) is 2.32. The first-order valence-electron chi connectivity index (χ1n) is 6.19. The van der Waals surface area contributed by atoms with Gasteiger partial charge in [0, 0.05) is 17.6 Å². The lowest BCUT2D eigenvalue weighted by Crippen LogP contribution is -2.28. The van der Waals surface area contributed by atoms with Gasteiger partial charge in [0.1, 0.15) is 0 Å². The molecule has 2 heterocycles. The van der Waals surface area contributed by atoms with Gasteiger partial charge in [0.25, 0.3) is 0 Å². The van der Waals surface area contributed by atoms with Gasteiger partial charge in [-0.05, 0) is 37.6 Å². The topological polar surface area (TPSA) is 71.1 Å². The highest BCUT2D eigenvalue weighted by Crippen LogP contribution is 2.23. The molecule has 0 fully saturated rings. The van der Waals surface area contributed by atoms with Crippen LogP contribution in [0.3, 0.4) is 0 Å². The number of pyridine rings is 1. The normalized spacial score (nSPS) is 13.3.